The van der Waals surface area contributed by atoms with Gasteiger partial charge in [0.25, 0.3) is 0 Å². The van der Waals surface area contributed by atoms with Crippen molar-refractivity contribution < 1.29 is 32.5 Å². The molecule has 33 heavy (non-hydrogen) atoms. The molecule has 2 aromatic carbocycles. The van der Waals surface area contributed by atoms with Crippen LogP contribution in [0.15, 0.2) is 47.6 Å². The third-order valence-corrected chi connectivity index (χ3v) is 5.28. The topological polar surface area (TPSA) is 93.6 Å². The van der Waals surface area contributed by atoms with E-state index in [1.807, 2.05) is 0 Å². The number of aromatic nitrogens is 2. The predicted octanol–water partition coefficient (Wildman–Crippen LogP) is 4.92. The zero-order valence-corrected chi connectivity index (χ0v) is 18.7. The van der Waals surface area contributed by atoms with Gasteiger partial charge in [0.2, 0.25) is 5.91 Å². The summed E-state index contributed by atoms with van der Waals surface area (Å²) in [5.41, 5.74) is 0.253. The van der Waals surface area contributed by atoms with Crippen LogP contribution in [-0.4, -0.2) is 41.0 Å². The van der Waals surface area contributed by atoms with E-state index in [4.69, 9.17) is 9.47 Å². The van der Waals surface area contributed by atoms with Gasteiger partial charge in [-0.1, -0.05) is 17.8 Å². The Bertz CT molecular complexity index is 1170. The second kappa shape index (κ2) is 9.99. The van der Waals surface area contributed by atoms with E-state index in [2.05, 4.69) is 15.3 Å². The van der Waals surface area contributed by atoms with E-state index >= 15 is 0 Å². The number of nitrogens with zero attached hydrogens (tertiary/aromatic N) is 2. The van der Waals surface area contributed by atoms with Crippen molar-refractivity contribution in [2.75, 3.05) is 25.3 Å². The van der Waals surface area contributed by atoms with Gasteiger partial charge in [-0.25, -0.2) is 9.97 Å². The molecular formula is C22H20F3N3O4S. The van der Waals surface area contributed by atoms with Gasteiger partial charge in [-0.15, -0.1) is 0 Å². The van der Waals surface area contributed by atoms with E-state index in [0.717, 1.165) is 23.4 Å². The van der Waals surface area contributed by atoms with Gasteiger partial charge in [0.05, 0.1) is 31.4 Å². The largest absolute Gasteiger partial charge is 0.506 e. The number of nitrogens with one attached hydrogen (secondary N) is 1. The summed E-state index contributed by atoms with van der Waals surface area (Å²) < 4.78 is 50.7. The number of amides is 1. The fourth-order valence-electron chi connectivity index (χ4n) is 2.84. The Balaban J connectivity index is 1.86. The Hall–Kier alpha value is -3.47. The maximum absolute atomic E-state index is 13.4. The van der Waals surface area contributed by atoms with Gasteiger partial charge in [0, 0.05) is 5.56 Å². The lowest BCUT2D eigenvalue weighted by atomic mass is 10.1. The van der Waals surface area contributed by atoms with Crippen LogP contribution < -0.4 is 14.8 Å². The number of aromatic hydroxyl groups is 1. The van der Waals surface area contributed by atoms with Crippen LogP contribution in [0.25, 0.3) is 11.3 Å². The maximum Gasteiger partial charge on any atom is 0.433 e. The highest BCUT2D eigenvalue weighted by molar-refractivity contribution is 7.99. The monoisotopic (exact) mass is 479 g/mol. The van der Waals surface area contributed by atoms with Gasteiger partial charge in [0.1, 0.15) is 11.4 Å². The maximum atomic E-state index is 13.4. The molecule has 0 spiro atoms. The summed E-state index contributed by atoms with van der Waals surface area (Å²) in [6, 6.07) is 10.1. The Morgan fingerprint density at radius 1 is 1.06 bits per heavy atom. The molecule has 174 valence electrons. The minimum absolute atomic E-state index is 0.0116. The molecule has 0 bridgehead atoms. The second-order valence-corrected chi connectivity index (χ2v) is 7.79. The van der Waals surface area contributed by atoms with Crippen LogP contribution >= 0.6 is 11.8 Å². The molecule has 3 aromatic rings. The Morgan fingerprint density at radius 2 is 1.79 bits per heavy atom. The quantitative estimate of drug-likeness (QED) is 0.282. The van der Waals surface area contributed by atoms with Crippen LogP contribution in [0.4, 0.5) is 18.9 Å². The van der Waals surface area contributed by atoms with Crippen molar-refractivity contribution in [2.24, 2.45) is 0 Å². The van der Waals surface area contributed by atoms with E-state index in [0.29, 0.717) is 17.1 Å². The molecule has 0 aliphatic heterocycles. The fraction of sp³-hybridized carbons (Fsp3) is 0.227. The summed E-state index contributed by atoms with van der Waals surface area (Å²) in [6.07, 6.45) is -4.71. The average Bonchev–Trinajstić information content (AvgIpc) is 2.78. The summed E-state index contributed by atoms with van der Waals surface area (Å²) in [5, 5.41) is 12.1. The number of hydrogen-bond donors (Lipinski definition) is 2. The number of ether oxygens (including phenoxy) is 2. The lowest BCUT2D eigenvalue weighted by Gasteiger charge is -2.13. The summed E-state index contributed by atoms with van der Waals surface area (Å²) >= 11 is 0.743. The Kier molecular flexibility index (Phi) is 7.32. The second-order valence-electron chi connectivity index (χ2n) is 6.85. The number of anilines is 1. The molecular weight excluding hydrogens is 459 g/mol. The van der Waals surface area contributed by atoms with Gasteiger partial charge in [-0.3, -0.25) is 4.79 Å². The molecule has 3 rings (SSSR count). The molecule has 2 N–H and O–H groups in total. The third-order valence-electron chi connectivity index (χ3n) is 4.43. The number of phenolic OH excluding ortho intramolecular Hbond substituents is 1. The lowest BCUT2D eigenvalue weighted by Crippen LogP contribution is -2.15. The highest BCUT2D eigenvalue weighted by atomic mass is 32.2. The van der Waals surface area contributed by atoms with Crippen molar-refractivity contribution >= 4 is 23.4 Å². The molecule has 0 fully saturated rings. The molecule has 1 heterocycles. The van der Waals surface area contributed by atoms with E-state index < -0.39 is 17.8 Å². The SMILES string of the molecule is COc1ccc(-c2cc(C(F)(F)F)nc(SCC(=O)Nc3cc(C)ccc3O)n2)cc1OC. The van der Waals surface area contributed by atoms with Crippen molar-refractivity contribution in [3.63, 3.8) is 0 Å². The summed E-state index contributed by atoms with van der Waals surface area (Å²) in [6.45, 7) is 1.79. The number of rotatable bonds is 7. The first-order valence-corrected chi connectivity index (χ1v) is 10.5. The van der Waals surface area contributed by atoms with Crippen LogP contribution in [0.3, 0.4) is 0 Å². The highest BCUT2D eigenvalue weighted by Crippen LogP contribution is 2.35. The van der Waals surface area contributed by atoms with E-state index in [1.54, 1.807) is 31.2 Å². The van der Waals surface area contributed by atoms with E-state index in [-0.39, 0.29) is 28.0 Å². The normalized spacial score (nSPS) is 11.2. The number of alkyl halides is 3. The van der Waals surface area contributed by atoms with Crippen molar-refractivity contribution in [3.8, 4) is 28.5 Å². The van der Waals surface area contributed by atoms with Crippen LogP contribution in [0, 0.1) is 6.92 Å². The van der Waals surface area contributed by atoms with Crippen molar-refractivity contribution in [3.05, 3.63) is 53.7 Å². The number of halogens is 3. The standard InChI is InChI=1S/C22H20F3N3O4S/c1-12-4-6-16(29)15(8-12)26-20(30)11-33-21-27-14(10-19(28-21)22(23,24)25)13-5-7-17(31-2)18(9-13)32-3/h4-10,29H,11H2,1-3H3,(H,26,30). The number of hydrogen-bond acceptors (Lipinski definition) is 7. The summed E-state index contributed by atoms with van der Waals surface area (Å²) in [5.74, 6) is -0.176. The third kappa shape index (κ3) is 6.07. The average molecular weight is 479 g/mol. The number of phenols is 1. The highest BCUT2D eigenvalue weighted by Gasteiger charge is 2.34. The number of carbonyl (C=O) groups excluding carboxylic acids is 1. The van der Waals surface area contributed by atoms with Crippen LogP contribution in [0.1, 0.15) is 11.3 Å². The van der Waals surface area contributed by atoms with Gasteiger partial charge < -0.3 is 19.9 Å². The molecule has 0 saturated carbocycles. The lowest BCUT2D eigenvalue weighted by molar-refractivity contribution is -0.141. The summed E-state index contributed by atoms with van der Waals surface area (Å²) in [7, 11) is 2.86. The minimum Gasteiger partial charge on any atom is -0.506 e. The molecule has 0 saturated heterocycles. The Morgan fingerprint density at radius 3 is 2.45 bits per heavy atom. The smallest absolute Gasteiger partial charge is 0.433 e. The molecule has 0 aliphatic rings. The fourth-order valence-corrected chi connectivity index (χ4v) is 3.50. The molecule has 0 unspecified atom stereocenters. The summed E-state index contributed by atoms with van der Waals surface area (Å²) in [4.78, 5) is 20.0. The molecule has 11 heteroatoms. The minimum atomic E-state index is -4.71. The predicted molar refractivity (Wildman–Crippen MR) is 118 cm³/mol. The van der Waals surface area contributed by atoms with Crippen molar-refractivity contribution in [1.29, 1.82) is 0 Å². The van der Waals surface area contributed by atoms with Gasteiger partial charge >= 0.3 is 6.18 Å². The Labute approximate surface area is 192 Å². The molecule has 0 radical (unpaired) electrons. The first kappa shape index (κ1) is 24.2. The zero-order chi connectivity index (χ0) is 24.2. The first-order valence-electron chi connectivity index (χ1n) is 9.51. The van der Waals surface area contributed by atoms with Crippen molar-refractivity contribution in [2.45, 2.75) is 18.3 Å². The van der Waals surface area contributed by atoms with Gasteiger partial charge in [0.15, 0.2) is 16.7 Å². The number of aryl methyl sites for hydroxylation is 1. The van der Waals surface area contributed by atoms with Crippen LogP contribution in [-0.2, 0) is 11.0 Å². The number of benzene rings is 2. The number of methoxy groups -OCH3 is 2. The molecule has 0 aliphatic carbocycles. The van der Waals surface area contributed by atoms with Crippen LogP contribution in [0.2, 0.25) is 0 Å². The van der Waals surface area contributed by atoms with E-state index in [1.165, 1.54) is 26.4 Å². The number of carbonyl (C=O) groups is 1. The first-order chi connectivity index (χ1) is 15.6. The van der Waals surface area contributed by atoms with Crippen molar-refractivity contribution in [1.82, 2.24) is 9.97 Å². The van der Waals surface area contributed by atoms with Gasteiger partial charge in [-0.2, -0.15) is 13.2 Å². The van der Waals surface area contributed by atoms with E-state index in [9.17, 15) is 23.1 Å². The zero-order valence-electron chi connectivity index (χ0n) is 17.9. The molecule has 1 amide bonds. The number of thioether (sulfide) groups is 1. The van der Waals surface area contributed by atoms with Gasteiger partial charge in [-0.05, 0) is 48.9 Å². The molecule has 7 nitrogen and oxygen atoms in total. The van der Waals surface area contributed by atoms with Crippen LogP contribution in [0.5, 0.6) is 17.2 Å². The molecule has 1 aromatic heterocycles. The molecule has 0 atom stereocenters.